The normalized spacial score (nSPS) is 17.5. The molecule has 0 aliphatic carbocycles. The van der Waals surface area contributed by atoms with Crippen LogP contribution in [0.1, 0.15) is 12.1 Å². The Morgan fingerprint density at radius 1 is 1.27 bits per heavy atom. The standard InChI is InChI=1S/C19H21N5O2/c1-24-12-15(9-23-24)14-4-13-5-16(21-11-19(13)22-8-14)6-17(25)7-18-10-20-2-3-26-18/h4-5,8-9,11-12,18,20H,2-3,6-7,10H2,1H3. The Morgan fingerprint density at radius 3 is 2.96 bits per heavy atom. The van der Waals surface area contributed by atoms with Crippen LogP contribution in [0.3, 0.4) is 0 Å². The van der Waals surface area contributed by atoms with Gasteiger partial charge in [-0.05, 0) is 12.1 Å². The summed E-state index contributed by atoms with van der Waals surface area (Å²) >= 11 is 0. The summed E-state index contributed by atoms with van der Waals surface area (Å²) in [5, 5.41) is 8.42. The van der Waals surface area contributed by atoms with Crippen molar-refractivity contribution < 1.29 is 9.53 Å². The Balaban J connectivity index is 1.51. The van der Waals surface area contributed by atoms with Gasteiger partial charge in [-0.3, -0.25) is 19.4 Å². The minimum absolute atomic E-state index is 0.0319. The molecule has 1 aliphatic heterocycles. The molecule has 134 valence electrons. The molecule has 1 saturated heterocycles. The monoisotopic (exact) mass is 351 g/mol. The van der Waals surface area contributed by atoms with Crippen molar-refractivity contribution >= 4 is 16.7 Å². The minimum Gasteiger partial charge on any atom is -0.375 e. The van der Waals surface area contributed by atoms with Crippen LogP contribution in [-0.2, 0) is 23.0 Å². The van der Waals surface area contributed by atoms with E-state index in [9.17, 15) is 4.79 Å². The molecule has 0 spiro atoms. The van der Waals surface area contributed by atoms with E-state index >= 15 is 0 Å². The van der Waals surface area contributed by atoms with Crippen LogP contribution in [0.4, 0.5) is 0 Å². The lowest BCUT2D eigenvalue weighted by Crippen LogP contribution is -2.39. The summed E-state index contributed by atoms with van der Waals surface area (Å²) < 4.78 is 7.36. The maximum absolute atomic E-state index is 12.3. The van der Waals surface area contributed by atoms with Crippen LogP contribution in [0.2, 0.25) is 0 Å². The minimum atomic E-state index is -0.0319. The van der Waals surface area contributed by atoms with Crippen molar-refractivity contribution in [1.29, 1.82) is 0 Å². The molecule has 4 heterocycles. The molecule has 0 bridgehead atoms. The number of fused-ring (bicyclic) bond motifs is 1. The van der Waals surface area contributed by atoms with Gasteiger partial charge < -0.3 is 10.1 Å². The molecule has 1 atom stereocenters. The number of ketones is 1. The molecule has 1 fully saturated rings. The van der Waals surface area contributed by atoms with E-state index < -0.39 is 0 Å². The first-order chi connectivity index (χ1) is 12.7. The number of aromatic nitrogens is 4. The van der Waals surface area contributed by atoms with Gasteiger partial charge in [0.1, 0.15) is 5.78 Å². The Labute approximate surface area is 151 Å². The molecule has 0 aromatic carbocycles. The molecular weight excluding hydrogens is 330 g/mol. The fourth-order valence-electron chi connectivity index (χ4n) is 3.18. The quantitative estimate of drug-likeness (QED) is 0.751. The molecule has 26 heavy (non-hydrogen) atoms. The third kappa shape index (κ3) is 3.79. The van der Waals surface area contributed by atoms with Gasteiger partial charge in [0.2, 0.25) is 0 Å². The Hall–Kier alpha value is -2.64. The van der Waals surface area contributed by atoms with Gasteiger partial charge in [0.05, 0.1) is 30.6 Å². The van der Waals surface area contributed by atoms with E-state index in [0.29, 0.717) is 19.4 Å². The van der Waals surface area contributed by atoms with Gasteiger partial charge in [-0.2, -0.15) is 5.10 Å². The molecule has 0 saturated carbocycles. The Kier molecular flexibility index (Phi) is 4.73. The van der Waals surface area contributed by atoms with E-state index in [1.165, 1.54) is 0 Å². The number of carbonyl (C=O) groups excluding carboxylic acids is 1. The predicted molar refractivity (Wildman–Crippen MR) is 97.7 cm³/mol. The summed E-state index contributed by atoms with van der Waals surface area (Å²) in [6.07, 6.45) is 8.01. The van der Waals surface area contributed by atoms with E-state index in [0.717, 1.165) is 40.8 Å². The molecule has 4 rings (SSSR count). The number of carbonyl (C=O) groups is 1. The largest absolute Gasteiger partial charge is 0.375 e. The third-order valence-electron chi connectivity index (χ3n) is 4.50. The van der Waals surface area contributed by atoms with Gasteiger partial charge in [-0.1, -0.05) is 0 Å². The first kappa shape index (κ1) is 16.8. The second-order valence-electron chi connectivity index (χ2n) is 6.61. The van der Waals surface area contributed by atoms with Gasteiger partial charge in [0.15, 0.2) is 0 Å². The predicted octanol–water partition coefficient (Wildman–Crippen LogP) is 1.52. The summed E-state index contributed by atoms with van der Waals surface area (Å²) in [5.74, 6) is 0.141. The maximum Gasteiger partial charge on any atom is 0.141 e. The number of morpholine rings is 1. The molecule has 0 radical (unpaired) electrons. The zero-order valence-electron chi connectivity index (χ0n) is 14.7. The van der Waals surface area contributed by atoms with E-state index in [2.05, 4.69) is 26.4 Å². The first-order valence-electron chi connectivity index (χ1n) is 8.75. The lowest BCUT2D eigenvalue weighted by atomic mass is 10.1. The number of hydrogen-bond donors (Lipinski definition) is 1. The maximum atomic E-state index is 12.3. The molecule has 1 unspecified atom stereocenters. The van der Waals surface area contributed by atoms with E-state index in [1.807, 2.05) is 31.7 Å². The zero-order valence-corrected chi connectivity index (χ0v) is 14.7. The number of ether oxygens (including phenoxy) is 1. The van der Waals surface area contributed by atoms with Gasteiger partial charge in [-0.25, -0.2) is 0 Å². The molecule has 1 aliphatic rings. The van der Waals surface area contributed by atoms with Crippen molar-refractivity contribution in [3.05, 3.63) is 42.6 Å². The number of Topliss-reactive ketones (excluding diaryl/α,β-unsaturated/α-hetero) is 1. The van der Waals surface area contributed by atoms with Gasteiger partial charge in [0, 0.05) is 67.6 Å². The highest BCUT2D eigenvalue weighted by molar-refractivity contribution is 5.85. The highest BCUT2D eigenvalue weighted by atomic mass is 16.5. The van der Waals surface area contributed by atoms with Crippen molar-refractivity contribution in [2.45, 2.75) is 18.9 Å². The molecular formula is C19H21N5O2. The fourth-order valence-corrected chi connectivity index (χ4v) is 3.18. The number of rotatable bonds is 5. The average molecular weight is 351 g/mol. The number of nitrogens with zero attached hydrogens (tertiary/aromatic N) is 4. The summed E-state index contributed by atoms with van der Waals surface area (Å²) in [4.78, 5) is 21.2. The van der Waals surface area contributed by atoms with Crippen LogP contribution in [-0.4, -0.2) is 51.3 Å². The second-order valence-corrected chi connectivity index (χ2v) is 6.61. The SMILES string of the molecule is Cn1cc(-c2cnc3cnc(CC(=O)CC4CNCCO4)cc3c2)cn1. The summed E-state index contributed by atoms with van der Waals surface area (Å²) in [5.41, 5.74) is 3.58. The van der Waals surface area contributed by atoms with Gasteiger partial charge in [-0.15, -0.1) is 0 Å². The smallest absolute Gasteiger partial charge is 0.141 e. The highest BCUT2D eigenvalue weighted by Gasteiger charge is 2.18. The van der Waals surface area contributed by atoms with E-state index in [1.54, 1.807) is 10.9 Å². The molecule has 7 nitrogen and oxygen atoms in total. The number of hydrogen-bond acceptors (Lipinski definition) is 6. The second kappa shape index (κ2) is 7.31. The van der Waals surface area contributed by atoms with Crippen LogP contribution >= 0.6 is 0 Å². The van der Waals surface area contributed by atoms with Gasteiger partial charge >= 0.3 is 0 Å². The summed E-state index contributed by atoms with van der Waals surface area (Å²) in [6, 6.07) is 4.00. The Morgan fingerprint density at radius 2 is 2.19 bits per heavy atom. The first-order valence-corrected chi connectivity index (χ1v) is 8.75. The van der Waals surface area contributed by atoms with E-state index in [4.69, 9.17) is 4.74 Å². The van der Waals surface area contributed by atoms with Crippen molar-refractivity contribution in [2.24, 2.45) is 7.05 Å². The lowest BCUT2D eigenvalue weighted by Gasteiger charge is -2.22. The molecule has 1 N–H and O–H groups in total. The lowest BCUT2D eigenvalue weighted by molar-refractivity contribution is -0.121. The Bertz CT molecular complexity index is 931. The highest BCUT2D eigenvalue weighted by Crippen LogP contribution is 2.22. The van der Waals surface area contributed by atoms with Crippen molar-refractivity contribution in [2.75, 3.05) is 19.7 Å². The van der Waals surface area contributed by atoms with Crippen LogP contribution in [0.15, 0.2) is 36.9 Å². The number of nitrogens with one attached hydrogen (secondary N) is 1. The summed E-state index contributed by atoms with van der Waals surface area (Å²) in [7, 11) is 1.89. The van der Waals surface area contributed by atoms with Crippen LogP contribution in [0, 0.1) is 0 Å². The fraction of sp³-hybridized carbons (Fsp3) is 0.368. The van der Waals surface area contributed by atoms with Crippen LogP contribution < -0.4 is 5.32 Å². The van der Waals surface area contributed by atoms with Crippen LogP contribution in [0.5, 0.6) is 0 Å². The summed E-state index contributed by atoms with van der Waals surface area (Å²) in [6.45, 7) is 2.24. The topological polar surface area (TPSA) is 81.9 Å². The number of pyridine rings is 2. The molecule has 0 amide bonds. The van der Waals surface area contributed by atoms with Crippen molar-refractivity contribution in [3.8, 4) is 11.1 Å². The third-order valence-corrected chi connectivity index (χ3v) is 4.50. The zero-order chi connectivity index (χ0) is 17.9. The number of aryl methyl sites for hydroxylation is 1. The molecule has 3 aromatic rings. The van der Waals surface area contributed by atoms with Crippen LogP contribution in [0.25, 0.3) is 22.0 Å². The van der Waals surface area contributed by atoms with Crippen molar-refractivity contribution in [3.63, 3.8) is 0 Å². The molecule has 7 heteroatoms. The van der Waals surface area contributed by atoms with Crippen molar-refractivity contribution in [1.82, 2.24) is 25.1 Å². The van der Waals surface area contributed by atoms with E-state index in [-0.39, 0.29) is 11.9 Å². The average Bonchev–Trinajstić information content (AvgIpc) is 3.08. The van der Waals surface area contributed by atoms with Gasteiger partial charge in [0.25, 0.3) is 0 Å². The molecule has 3 aromatic heterocycles.